The Labute approximate surface area is 169 Å². The van der Waals surface area contributed by atoms with Crippen molar-refractivity contribution in [3.05, 3.63) is 64.5 Å². The molecule has 2 aromatic heterocycles. The molecule has 4 rings (SSSR count). The minimum Gasteiger partial charge on any atom is -0.468 e. The van der Waals surface area contributed by atoms with Gasteiger partial charge < -0.3 is 9.73 Å². The van der Waals surface area contributed by atoms with E-state index in [4.69, 9.17) is 4.42 Å². The molecule has 0 aliphatic carbocycles. The lowest BCUT2D eigenvalue weighted by Crippen LogP contribution is -2.38. The van der Waals surface area contributed by atoms with Crippen LogP contribution in [0.4, 0.5) is 0 Å². The topological polar surface area (TPSA) is 80.4 Å². The molecule has 1 saturated heterocycles. The van der Waals surface area contributed by atoms with Gasteiger partial charge in [0.2, 0.25) is 0 Å². The number of hydrogen-bond acceptors (Lipinski definition) is 5. The van der Waals surface area contributed by atoms with Crippen LogP contribution in [0.25, 0.3) is 10.8 Å². The van der Waals surface area contributed by atoms with Crippen molar-refractivity contribution in [3.63, 3.8) is 0 Å². The molecule has 1 aliphatic heterocycles. The maximum atomic E-state index is 13.1. The standard InChI is InChI=1S/C22H26N4O3/c1-15(2)26-22(28)17-9-4-3-8-16(17)20(24-26)21(27)23-14-18(19-10-7-13-29-19)25-11-5-6-12-25/h3-4,7-10,13,15,18H,5-6,11-12,14H2,1-2H3,(H,23,27). The Morgan fingerprint density at radius 2 is 1.86 bits per heavy atom. The van der Waals surface area contributed by atoms with E-state index < -0.39 is 0 Å². The molecule has 1 aromatic carbocycles. The van der Waals surface area contributed by atoms with E-state index in [1.54, 1.807) is 24.5 Å². The number of likely N-dealkylation sites (tertiary alicyclic amines) is 1. The van der Waals surface area contributed by atoms with Crippen LogP contribution < -0.4 is 10.9 Å². The van der Waals surface area contributed by atoms with Crippen molar-refractivity contribution in [1.29, 1.82) is 0 Å². The molecule has 7 nitrogen and oxygen atoms in total. The van der Waals surface area contributed by atoms with E-state index in [-0.39, 0.29) is 29.2 Å². The first kappa shape index (κ1) is 19.4. The van der Waals surface area contributed by atoms with E-state index >= 15 is 0 Å². The van der Waals surface area contributed by atoms with Crippen LogP contribution in [-0.2, 0) is 0 Å². The van der Waals surface area contributed by atoms with Gasteiger partial charge in [0.05, 0.1) is 23.7 Å². The lowest BCUT2D eigenvalue weighted by Gasteiger charge is -2.26. The van der Waals surface area contributed by atoms with Gasteiger partial charge in [-0.1, -0.05) is 18.2 Å². The molecule has 7 heteroatoms. The molecule has 0 radical (unpaired) electrons. The maximum absolute atomic E-state index is 13.1. The second-order valence-corrected chi connectivity index (χ2v) is 7.72. The normalized spacial score (nSPS) is 15.8. The number of carbonyl (C=O) groups is 1. The third-order valence-corrected chi connectivity index (χ3v) is 5.44. The summed E-state index contributed by atoms with van der Waals surface area (Å²) < 4.78 is 7.01. The Morgan fingerprint density at radius 3 is 2.52 bits per heavy atom. The number of aromatic nitrogens is 2. The van der Waals surface area contributed by atoms with Crippen molar-refractivity contribution in [2.45, 2.75) is 38.8 Å². The summed E-state index contributed by atoms with van der Waals surface area (Å²) in [5.41, 5.74) is 0.0891. The lowest BCUT2D eigenvalue weighted by molar-refractivity contribution is 0.0928. The number of hydrogen-bond donors (Lipinski definition) is 1. The number of benzene rings is 1. The molecule has 0 spiro atoms. The van der Waals surface area contributed by atoms with E-state index in [0.29, 0.717) is 17.3 Å². The number of nitrogens with one attached hydrogen (secondary N) is 1. The molecule has 1 fully saturated rings. The maximum Gasteiger partial charge on any atom is 0.274 e. The van der Waals surface area contributed by atoms with Gasteiger partial charge >= 0.3 is 0 Å². The van der Waals surface area contributed by atoms with Crippen molar-refractivity contribution in [1.82, 2.24) is 20.0 Å². The second-order valence-electron chi connectivity index (χ2n) is 7.72. The molecule has 3 aromatic rings. The Morgan fingerprint density at radius 1 is 1.14 bits per heavy atom. The van der Waals surface area contributed by atoms with Crippen LogP contribution in [-0.4, -0.2) is 40.2 Å². The summed E-state index contributed by atoms with van der Waals surface area (Å²) in [6.45, 7) is 6.15. The van der Waals surface area contributed by atoms with Gasteiger partial charge in [0, 0.05) is 11.9 Å². The fourth-order valence-electron chi connectivity index (χ4n) is 3.94. The summed E-state index contributed by atoms with van der Waals surface area (Å²) >= 11 is 0. The van der Waals surface area contributed by atoms with Gasteiger partial charge in [-0.05, 0) is 58.0 Å². The summed E-state index contributed by atoms with van der Waals surface area (Å²) in [4.78, 5) is 28.1. The summed E-state index contributed by atoms with van der Waals surface area (Å²) in [5, 5.41) is 8.49. The van der Waals surface area contributed by atoms with Gasteiger partial charge in [-0.15, -0.1) is 0 Å². The van der Waals surface area contributed by atoms with E-state index in [1.807, 2.05) is 32.0 Å². The van der Waals surface area contributed by atoms with Gasteiger partial charge in [-0.25, -0.2) is 4.68 Å². The molecular weight excluding hydrogens is 368 g/mol. The van der Waals surface area contributed by atoms with Crippen LogP contribution in [0.1, 0.15) is 55.0 Å². The van der Waals surface area contributed by atoms with Crippen molar-refractivity contribution in [2.75, 3.05) is 19.6 Å². The molecule has 0 bridgehead atoms. The number of amides is 1. The number of nitrogens with zero attached hydrogens (tertiary/aromatic N) is 3. The van der Waals surface area contributed by atoms with Gasteiger partial charge in [0.1, 0.15) is 5.76 Å². The van der Waals surface area contributed by atoms with E-state index in [0.717, 1.165) is 31.7 Å². The Balaban J connectivity index is 1.63. The highest BCUT2D eigenvalue weighted by Gasteiger charge is 2.27. The molecule has 29 heavy (non-hydrogen) atoms. The molecule has 3 heterocycles. The van der Waals surface area contributed by atoms with Crippen LogP contribution >= 0.6 is 0 Å². The predicted molar refractivity (Wildman–Crippen MR) is 111 cm³/mol. The quantitative estimate of drug-likeness (QED) is 0.695. The van der Waals surface area contributed by atoms with Gasteiger partial charge in [-0.3, -0.25) is 14.5 Å². The van der Waals surface area contributed by atoms with Gasteiger partial charge in [-0.2, -0.15) is 5.10 Å². The predicted octanol–water partition coefficient (Wildman–Crippen LogP) is 3.14. The van der Waals surface area contributed by atoms with Gasteiger partial charge in [0.25, 0.3) is 11.5 Å². The van der Waals surface area contributed by atoms with E-state index in [1.165, 1.54) is 4.68 Å². The SMILES string of the molecule is CC(C)n1nc(C(=O)NCC(c2ccco2)N2CCCC2)c2ccccc2c1=O. The number of furan rings is 1. The van der Waals surface area contributed by atoms with Crippen molar-refractivity contribution in [2.24, 2.45) is 0 Å². The van der Waals surface area contributed by atoms with Crippen LogP contribution in [0.15, 0.2) is 51.9 Å². The molecular formula is C22H26N4O3. The summed E-state index contributed by atoms with van der Waals surface area (Å²) in [6.07, 6.45) is 3.96. The van der Waals surface area contributed by atoms with Crippen molar-refractivity contribution < 1.29 is 9.21 Å². The van der Waals surface area contributed by atoms with Gasteiger partial charge in [0.15, 0.2) is 5.69 Å². The highest BCUT2D eigenvalue weighted by molar-refractivity contribution is 6.04. The zero-order valence-corrected chi connectivity index (χ0v) is 16.8. The third kappa shape index (κ3) is 3.82. The molecule has 0 saturated carbocycles. The monoisotopic (exact) mass is 394 g/mol. The largest absolute Gasteiger partial charge is 0.468 e. The first-order chi connectivity index (χ1) is 14.1. The van der Waals surface area contributed by atoms with E-state index in [2.05, 4.69) is 15.3 Å². The highest BCUT2D eigenvalue weighted by atomic mass is 16.3. The fourth-order valence-corrected chi connectivity index (χ4v) is 3.94. The smallest absolute Gasteiger partial charge is 0.274 e. The Hall–Kier alpha value is -2.93. The average Bonchev–Trinajstić information content (AvgIpc) is 3.43. The molecule has 1 unspecified atom stereocenters. The summed E-state index contributed by atoms with van der Waals surface area (Å²) in [5.74, 6) is 0.559. The first-order valence-corrected chi connectivity index (χ1v) is 10.1. The zero-order chi connectivity index (χ0) is 20.4. The minimum absolute atomic E-state index is 0.0151. The minimum atomic E-state index is -0.286. The van der Waals surface area contributed by atoms with Crippen molar-refractivity contribution >= 4 is 16.7 Å². The lowest BCUT2D eigenvalue weighted by atomic mass is 10.1. The fraction of sp³-hybridized carbons (Fsp3) is 0.409. The summed E-state index contributed by atoms with van der Waals surface area (Å²) in [7, 11) is 0. The molecule has 1 amide bonds. The number of fused-ring (bicyclic) bond motifs is 1. The van der Waals surface area contributed by atoms with E-state index in [9.17, 15) is 9.59 Å². The summed E-state index contributed by atoms with van der Waals surface area (Å²) in [6, 6.07) is 10.8. The molecule has 152 valence electrons. The first-order valence-electron chi connectivity index (χ1n) is 10.1. The molecule has 1 aliphatic rings. The van der Waals surface area contributed by atoms with Crippen LogP contribution in [0, 0.1) is 0 Å². The average molecular weight is 394 g/mol. The second kappa shape index (κ2) is 8.21. The Kier molecular flexibility index (Phi) is 5.49. The van der Waals surface area contributed by atoms with Crippen LogP contribution in [0.2, 0.25) is 0 Å². The molecule has 1 atom stereocenters. The number of carbonyl (C=O) groups excluding carboxylic acids is 1. The number of rotatable bonds is 6. The highest BCUT2D eigenvalue weighted by Crippen LogP contribution is 2.25. The third-order valence-electron chi connectivity index (χ3n) is 5.44. The Bertz CT molecular complexity index is 1050. The van der Waals surface area contributed by atoms with Crippen molar-refractivity contribution in [3.8, 4) is 0 Å². The van der Waals surface area contributed by atoms with Crippen LogP contribution in [0.3, 0.4) is 0 Å². The zero-order valence-electron chi connectivity index (χ0n) is 16.8. The van der Waals surface area contributed by atoms with Crippen LogP contribution in [0.5, 0.6) is 0 Å². The molecule has 1 N–H and O–H groups in total.